The average Bonchev–Trinajstić information content (AvgIpc) is 2.61. The minimum Gasteiger partial charge on any atom is -0.410 e. The molecule has 0 aliphatic carbocycles. The molecule has 0 heterocycles. The van der Waals surface area contributed by atoms with E-state index in [9.17, 15) is 8.42 Å². The minimum absolute atomic E-state index is 0.289. The predicted molar refractivity (Wildman–Crippen MR) is 117 cm³/mol. The van der Waals surface area contributed by atoms with Crippen molar-refractivity contribution in [2.24, 2.45) is 0 Å². The van der Waals surface area contributed by atoms with Crippen LogP contribution in [0, 0.1) is 12.3 Å². The highest BCUT2D eigenvalue weighted by Crippen LogP contribution is 2.43. The van der Waals surface area contributed by atoms with Crippen LogP contribution in [-0.2, 0) is 14.3 Å². The summed E-state index contributed by atoms with van der Waals surface area (Å²) in [5.74, 6) is 2.65. The molecule has 0 radical (unpaired) electrons. The third-order valence-corrected chi connectivity index (χ3v) is 12.7. The summed E-state index contributed by atoms with van der Waals surface area (Å²) in [7, 11) is -5.62. The summed E-state index contributed by atoms with van der Waals surface area (Å²) in [5, 5.41) is 1.28. The molecule has 5 heteroatoms. The molecule has 0 saturated carbocycles. The molecule has 27 heavy (non-hydrogen) atoms. The Morgan fingerprint density at radius 1 is 1.04 bits per heavy atom. The van der Waals surface area contributed by atoms with E-state index in [0.29, 0.717) is 29.5 Å². The van der Waals surface area contributed by atoms with E-state index >= 15 is 0 Å². The van der Waals surface area contributed by atoms with Gasteiger partial charge >= 0.3 is 0 Å². The standard InChI is InChI=1S/C22H34O3SSi/c1-8-9-13-21(25-27(18(2)3,19(4)5)20(6)7)16-17-26(23,24)22-14-11-10-12-15-22/h1,10-12,14-21H,9,13H2,2-7H3/b17-16+. The SMILES string of the molecule is C#CCCC(/C=C/S(=O)(=O)c1ccccc1)O[Si](C(C)C)(C(C)C)C(C)C. The van der Waals surface area contributed by atoms with E-state index in [1.54, 1.807) is 36.4 Å². The van der Waals surface area contributed by atoms with Crippen molar-refractivity contribution in [2.45, 2.75) is 82.0 Å². The van der Waals surface area contributed by atoms with E-state index < -0.39 is 18.2 Å². The normalized spacial score (nSPS) is 14.2. The van der Waals surface area contributed by atoms with E-state index in [0.717, 1.165) is 0 Å². The van der Waals surface area contributed by atoms with Crippen LogP contribution in [0.15, 0.2) is 46.7 Å². The molecule has 0 amide bonds. The first-order chi connectivity index (χ1) is 12.6. The zero-order valence-corrected chi connectivity index (χ0v) is 19.3. The molecule has 0 saturated heterocycles. The van der Waals surface area contributed by atoms with Gasteiger partial charge in [-0.3, -0.25) is 0 Å². The van der Waals surface area contributed by atoms with Crippen LogP contribution in [0.1, 0.15) is 54.4 Å². The van der Waals surface area contributed by atoms with Gasteiger partial charge in [0.1, 0.15) is 0 Å². The summed E-state index contributed by atoms with van der Waals surface area (Å²) in [5.41, 5.74) is 1.26. The van der Waals surface area contributed by atoms with Crippen molar-refractivity contribution in [2.75, 3.05) is 0 Å². The Morgan fingerprint density at radius 3 is 2.00 bits per heavy atom. The molecular weight excluding hydrogens is 372 g/mol. The number of rotatable bonds is 10. The van der Waals surface area contributed by atoms with Gasteiger partial charge in [-0.15, -0.1) is 12.3 Å². The lowest BCUT2D eigenvalue weighted by Crippen LogP contribution is -2.50. The summed E-state index contributed by atoms with van der Waals surface area (Å²) in [4.78, 5) is 0.289. The topological polar surface area (TPSA) is 43.4 Å². The van der Waals surface area contributed by atoms with Gasteiger partial charge in [0.15, 0.2) is 9.84 Å². The van der Waals surface area contributed by atoms with Gasteiger partial charge in [-0.05, 0) is 41.3 Å². The van der Waals surface area contributed by atoms with E-state index in [-0.39, 0.29) is 11.0 Å². The van der Waals surface area contributed by atoms with Gasteiger partial charge in [0.2, 0.25) is 8.32 Å². The largest absolute Gasteiger partial charge is 0.410 e. The van der Waals surface area contributed by atoms with Gasteiger partial charge in [-0.1, -0.05) is 59.7 Å². The van der Waals surface area contributed by atoms with E-state index in [1.165, 1.54) is 5.41 Å². The molecule has 1 atom stereocenters. The van der Waals surface area contributed by atoms with Crippen LogP contribution in [0.5, 0.6) is 0 Å². The summed E-state index contributed by atoms with van der Waals surface area (Å²) in [6.07, 6.45) is 8.03. The maximum absolute atomic E-state index is 12.6. The fourth-order valence-electron chi connectivity index (χ4n) is 3.97. The first-order valence-corrected chi connectivity index (χ1v) is 13.4. The molecular formula is C22H34O3SSi. The molecule has 1 unspecified atom stereocenters. The molecule has 1 aromatic carbocycles. The Labute approximate surface area is 167 Å². The van der Waals surface area contributed by atoms with Crippen LogP contribution in [0.25, 0.3) is 0 Å². The van der Waals surface area contributed by atoms with Gasteiger partial charge in [-0.25, -0.2) is 8.42 Å². The quantitative estimate of drug-likeness (QED) is 0.356. The minimum atomic E-state index is -3.49. The van der Waals surface area contributed by atoms with Crippen LogP contribution in [0.3, 0.4) is 0 Å². The van der Waals surface area contributed by atoms with E-state index in [2.05, 4.69) is 47.5 Å². The molecule has 150 valence electrons. The molecule has 3 nitrogen and oxygen atoms in total. The fraction of sp³-hybridized carbons (Fsp3) is 0.545. The molecule has 0 fully saturated rings. The smallest absolute Gasteiger partial charge is 0.201 e. The zero-order chi connectivity index (χ0) is 20.7. The number of terminal acetylenes is 1. The molecule has 0 bridgehead atoms. The van der Waals surface area contributed by atoms with Crippen LogP contribution in [-0.4, -0.2) is 22.8 Å². The van der Waals surface area contributed by atoms with Crippen molar-refractivity contribution in [3.8, 4) is 12.3 Å². The van der Waals surface area contributed by atoms with Crippen molar-refractivity contribution in [1.82, 2.24) is 0 Å². The zero-order valence-electron chi connectivity index (χ0n) is 17.5. The Kier molecular flexibility index (Phi) is 9.00. The maximum atomic E-state index is 12.6. The van der Waals surface area contributed by atoms with Crippen LogP contribution in [0.2, 0.25) is 16.6 Å². The monoisotopic (exact) mass is 406 g/mol. The van der Waals surface area contributed by atoms with E-state index in [4.69, 9.17) is 10.8 Å². The Morgan fingerprint density at radius 2 is 1.56 bits per heavy atom. The highest BCUT2D eigenvalue weighted by Gasteiger charge is 2.46. The number of hydrogen-bond acceptors (Lipinski definition) is 3. The first kappa shape index (κ1) is 23.7. The van der Waals surface area contributed by atoms with Gasteiger partial charge in [-0.2, -0.15) is 0 Å². The summed E-state index contributed by atoms with van der Waals surface area (Å²) in [6.45, 7) is 13.3. The highest BCUT2D eigenvalue weighted by molar-refractivity contribution is 7.94. The molecule has 1 rings (SSSR count). The Bertz CT molecular complexity index is 722. The van der Waals surface area contributed by atoms with Crippen LogP contribution >= 0.6 is 0 Å². The lowest BCUT2D eigenvalue weighted by atomic mass is 10.2. The Balaban J connectivity index is 3.20. The fourth-order valence-corrected chi connectivity index (χ4v) is 10.6. The molecule has 0 spiro atoms. The first-order valence-electron chi connectivity index (χ1n) is 9.67. The van der Waals surface area contributed by atoms with Crippen molar-refractivity contribution < 1.29 is 12.8 Å². The van der Waals surface area contributed by atoms with Gasteiger partial charge in [0.25, 0.3) is 0 Å². The molecule has 0 aliphatic heterocycles. The molecule has 1 aromatic rings. The van der Waals surface area contributed by atoms with Gasteiger partial charge in [0, 0.05) is 11.8 Å². The maximum Gasteiger partial charge on any atom is 0.201 e. The Hall–Kier alpha value is -1.35. The van der Waals surface area contributed by atoms with Crippen molar-refractivity contribution in [1.29, 1.82) is 0 Å². The molecule has 0 aromatic heterocycles. The van der Waals surface area contributed by atoms with Crippen molar-refractivity contribution >= 4 is 18.2 Å². The second kappa shape index (κ2) is 10.3. The second-order valence-corrected chi connectivity index (χ2v) is 15.1. The summed E-state index contributed by atoms with van der Waals surface area (Å²) >= 11 is 0. The lowest BCUT2D eigenvalue weighted by molar-refractivity contribution is 0.208. The summed E-state index contributed by atoms with van der Waals surface area (Å²) in [6, 6.07) is 8.46. The molecule has 0 N–H and O–H groups in total. The number of benzene rings is 1. The second-order valence-electron chi connectivity index (χ2n) is 7.90. The van der Waals surface area contributed by atoms with E-state index in [1.807, 2.05) is 0 Å². The number of sulfone groups is 1. The van der Waals surface area contributed by atoms with Crippen LogP contribution in [0.4, 0.5) is 0 Å². The van der Waals surface area contributed by atoms with Crippen LogP contribution < -0.4 is 0 Å². The van der Waals surface area contributed by atoms with Gasteiger partial charge < -0.3 is 4.43 Å². The average molecular weight is 407 g/mol. The summed E-state index contributed by atoms with van der Waals surface area (Å²) < 4.78 is 32.0. The highest BCUT2D eigenvalue weighted by atomic mass is 32.2. The lowest BCUT2D eigenvalue weighted by Gasteiger charge is -2.44. The predicted octanol–water partition coefficient (Wildman–Crippen LogP) is 5.95. The molecule has 0 aliphatic rings. The van der Waals surface area contributed by atoms with Gasteiger partial charge in [0.05, 0.1) is 11.0 Å². The van der Waals surface area contributed by atoms with Crippen molar-refractivity contribution in [3.05, 3.63) is 41.8 Å². The number of hydrogen-bond donors (Lipinski definition) is 0. The van der Waals surface area contributed by atoms with Crippen molar-refractivity contribution in [3.63, 3.8) is 0 Å². The third kappa shape index (κ3) is 6.07. The third-order valence-electron chi connectivity index (χ3n) is 5.18.